The molecule has 0 aliphatic carbocycles. The van der Waals surface area contributed by atoms with E-state index in [1.165, 1.54) is 0 Å². The highest BCUT2D eigenvalue weighted by atomic mass is 35.5. The predicted octanol–water partition coefficient (Wildman–Crippen LogP) is 2.13. The summed E-state index contributed by atoms with van der Waals surface area (Å²) < 4.78 is 0. The second-order valence-corrected chi connectivity index (χ2v) is 2.83. The van der Waals surface area contributed by atoms with Crippen LogP contribution in [0.1, 0.15) is 11.1 Å². The average Bonchev–Trinajstić information content (AvgIpc) is 1.98. The molecule has 0 atom stereocenters. The number of hydroxylamine groups is 1. The number of rotatable bonds is 2. The Bertz CT molecular complexity index is 250. The minimum absolute atomic E-state index is 0.431. The van der Waals surface area contributed by atoms with E-state index in [4.69, 9.17) is 16.8 Å². The van der Waals surface area contributed by atoms with E-state index in [2.05, 4.69) is 5.48 Å². The number of hydrogen-bond acceptors (Lipinski definition) is 2. The van der Waals surface area contributed by atoms with Crippen LogP contribution in [-0.4, -0.2) is 5.21 Å². The van der Waals surface area contributed by atoms with Crippen molar-refractivity contribution in [2.24, 2.45) is 0 Å². The van der Waals surface area contributed by atoms with Gasteiger partial charge < -0.3 is 5.21 Å². The highest BCUT2D eigenvalue weighted by Crippen LogP contribution is 2.16. The third-order valence-electron chi connectivity index (χ3n) is 1.52. The summed E-state index contributed by atoms with van der Waals surface area (Å²) in [5, 5.41) is 9.12. The van der Waals surface area contributed by atoms with Gasteiger partial charge in [0.1, 0.15) is 0 Å². The Kier molecular flexibility index (Phi) is 2.88. The monoisotopic (exact) mass is 171 g/mol. The first kappa shape index (κ1) is 8.53. The molecule has 1 rings (SSSR count). The maximum absolute atomic E-state index is 8.39. The van der Waals surface area contributed by atoms with Gasteiger partial charge in [0, 0.05) is 11.6 Å². The van der Waals surface area contributed by atoms with Gasteiger partial charge in [-0.25, -0.2) is 5.48 Å². The molecule has 1 aromatic carbocycles. The van der Waals surface area contributed by atoms with Gasteiger partial charge in [-0.05, 0) is 24.1 Å². The van der Waals surface area contributed by atoms with Gasteiger partial charge in [-0.2, -0.15) is 0 Å². The molecule has 11 heavy (non-hydrogen) atoms. The molecule has 0 bridgehead atoms. The molecule has 0 heterocycles. The molecular formula is C8H10ClNO. The lowest BCUT2D eigenvalue weighted by molar-refractivity contribution is 0.161. The number of halogens is 1. The molecule has 0 aliphatic heterocycles. The van der Waals surface area contributed by atoms with Crippen molar-refractivity contribution in [3.8, 4) is 0 Å². The first-order valence-corrected chi connectivity index (χ1v) is 3.74. The zero-order chi connectivity index (χ0) is 8.27. The van der Waals surface area contributed by atoms with Crippen molar-refractivity contribution in [2.75, 3.05) is 0 Å². The third kappa shape index (κ3) is 2.19. The summed E-state index contributed by atoms with van der Waals surface area (Å²) in [7, 11) is 0. The lowest BCUT2D eigenvalue weighted by Crippen LogP contribution is -2.05. The zero-order valence-electron chi connectivity index (χ0n) is 6.26. The lowest BCUT2D eigenvalue weighted by Gasteiger charge is -2.01. The summed E-state index contributed by atoms with van der Waals surface area (Å²) in [6.45, 7) is 2.37. The maximum Gasteiger partial charge on any atom is 0.0458 e. The SMILES string of the molecule is Cc1ccc(CNO)cc1Cl. The highest BCUT2D eigenvalue weighted by Gasteiger charge is 1.95. The molecule has 2 nitrogen and oxygen atoms in total. The lowest BCUT2D eigenvalue weighted by atomic mass is 10.1. The van der Waals surface area contributed by atoms with Crippen LogP contribution in [-0.2, 0) is 6.54 Å². The van der Waals surface area contributed by atoms with Gasteiger partial charge in [0.2, 0.25) is 0 Å². The Morgan fingerprint density at radius 2 is 2.27 bits per heavy atom. The van der Waals surface area contributed by atoms with Crippen molar-refractivity contribution in [1.29, 1.82) is 0 Å². The van der Waals surface area contributed by atoms with Gasteiger partial charge in [-0.1, -0.05) is 23.7 Å². The second kappa shape index (κ2) is 3.72. The fourth-order valence-electron chi connectivity index (χ4n) is 0.838. The van der Waals surface area contributed by atoms with Gasteiger partial charge >= 0.3 is 0 Å². The van der Waals surface area contributed by atoms with Crippen molar-refractivity contribution >= 4 is 11.6 Å². The quantitative estimate of drug-likeness (QED) is 0.669. The molecule has 0 saturated heterocycles. The van der Waals surface area contributed by atoms with Crippen LogP contribution in [0.2, 0.25) is 5.02 Å². The minimum Gasteiger partial charge on any atom is -0.316 e. The van der Waals surface area contributed by atoms with Crippen LogP contribution in [0, 0.1) is 6.92 Å². The first-order chi connectivity index (χ1) is 5.24. The van der Waals surface area contributed by atoms with Crippen molar-refractivity contribution in [3.05, 3.63) is 34.3 Å². The average molecular weight is 172 g/mol. The normalized spacial score (nSPS) is 10.1. The van der Waals surface area contributed by atoms with Gasteiger partial charge in [0.25, 0.3) is 0 Å². The maximum atomic E-state index is 8.39. The third-order valence-corrected chi connectivity index (χ3v) is 1.93. The van der Waals surface area contributed by atoms with Crippen molar-refractivity contribution in [1.82, 2.24) is 5.48 Å². The summed E-state index contributed by atoms with van der Waals surface area (Å²) in [6.07, 6.45) is 0. The van der Waals surface area contributed by atoms with Crippen LogP contribution in [0.4, 0.5) is 0 Å². The smallest absolute Gasteiger partial charge is 0.0458 e. The van der Waals surface area contributed by atoms with Crippen LogP contribution in [0.5, 0.6) is 0 Å². The molecule has 1 aromatic rings. The highest BCUT2D eigenvalue weighted by molar-refractivity contribution is 6.31. The van der Waals surface area contributed by atoms with E-state index in [9.17, 15) is 0 Å². The zero-order valence-corrected chi connectivity index (χ0v) is 7.02. The minimum atomic E-state index is 0.431. The van der Waals surface area contributed by atoms with E-state index < -0.39 is 0 Å². The Hall–Kier alpha value is -0.570. The van der Waals surface area contributed by atoms with E-state index in [1.54, 1.807) is 0 Å². The van der Waals surface area contributed by atoms with Crippen LogP contribution in [0.25, 0.3) is 0 Å². The van der Waals surface area contributed by atoms with E-state index in [0.29, 0.717) is 6.54 Å². The van der Waals surface area contributed by atoms with Crippen LogP contribution in [0.15, 0.2) is 18.2 Å². The Balaban J connectivity index is 2.86. The van der Waals surface area contributed by atoms with E-state index in [-0.39, 0.29) is 0 Å². The van der Waals surface area contributed by atoms with Gasteiger partial charge in [0.05, 0.1) is 0 Å². The molecule has 0 fully saturated rings. The molecule has 0 aliphatic rings. The Morgan fingerprint density at radius 3 is 2.82 bits per heavy atom. The summed E-state index contributed by atoms with van der Waals surface area (Å²) in [6, 6.07) is 5.68. The van der Waals surface area contributed by atoms with Crippen LogP contribution >= 0.6 is 11.6 Å². The Labute approximate surface area is 70.8 Å². The van der Waals surface area contributed by atoms with Crippen LogP contribution < -0.4 is 5.48 Å². The summed E-state index contributed by atoms with van der Waals surface area (Å²) in [4.78, 5) is 0. The van der Waals surface area contributed by atoms with E-state index >= 15 is 0 Å². The summed E-state index contributed by atoms with van der Waals surface area (Å²) in [5.74, 6) is 0. The fourth-order valence-corrected chi connectivity index (χ4v) is 1.04. The van der Waals surface area contributed by atoms with Gasteiger partial charge in [0.15, 0.2) is 0 Å². The largest absolute Gasteiger partial charge is 0.316 e. The molecule has 3 heteroatoms. The molecular weight excluding hydrogens is 162 g/mol. The predicted molar refractivity (Wildman–Crippen MR) is 44.8 cm³/mol. The fraction of sp³-hybridized carbons (Fsp3) is 0.250. The second-order valence-electron chi connectivity index (χ2n) is 2.42. The molecule has 0 unspecified atom stereocenters. The Morgan fingerprint density at radius 1 is 1.55 bits per heavy atom. The first-order valence-electron chi connectivity index (χ1n) is 3.36. The van der Waals surface area contributed by atoms with E-state index in [0.717, 1.165) is 16.1 Å². The standard InChI is InChI=1S/C8H10ClNO/c1-6-2-3-7(5-10-11)4-8(6)9/h2-4,10-11H,5H2,1H3. The number of hydrogen-bond donors (Lipinski definition) is 2. The molecule has 0 amide bonds. The topological polar surface area (TPSA) is 32.3 Å². The van der Waals surface area contributed by atoms with Gasteiger partial charge in [-0.15, -0.1) is 0 Å². The number of nitrogens with one attached hydrogen (secondary N) is 1. The number of aryl methyl sites for hydroxylation is 1. The molecule has 0 radical (unpaired) electrons. The molecule has 0 saturated carbocycles. The molecule has 0 spiro atoms. The molecule has 60 valence electrons. The number of benzene rings is 1. The summed E-state index contributed by atoms with van der Waals surface area (Å²) >= 11 is 5.84. The van der Waals surface area contributed by atoms with Crippen molar-refractivity contribution < 1.29 is 5.21 Å². The van der Waals surface area contributed by atoms with Crippen LogP contribution in [0.3, 0.4) is 0 Å². The van der Waals surface area contributed by atoms with Crippen molar-refractivity contribution in [2.45, 2.75) is 13.5 Å². The van der Waals surface area contributed by atoms with Gasteiger partial charge in [-0.3, -0.25) is 0 Å². The van der Waals surface area contributed by atoms with Crippen molar-refractivity contribution in [3.63, 3.8) is 0 Å². The van der Waals surface area contributed by atoms with E-state index in [1.807, 2.05) is 25.1 Å². The summed E-state index contributed by atoms with van der Waals surface area (Å²) in [5.41, 5.74) is 4.10. The molecule has 0 aromatic heterocycles. The molecule has 2 N–H and O–H groups in total.